The van der Waals surface area contributed by atoms with Crippen LogP contribution in [0.1, 0.15) is 87.6 Å². The predicted octanol–water partition coefficient (Wildman–Crippen LogP) is 4.83. The van der Waals surface area contributed by atoms with E-state index in [1.165, 1.54) is 37.0 Å². The molecule has 1 amide bonds. The molecule has 1 aromatic heterocycles. The van der Waals surface area contributed by atoms with E-state index in [0.29, 0.717) is 45.0 Å². The Balaban J connectivity index is 2.55. The summed E-state index contributed by atoms with van der Waals surface area (Å²) in [6, 6.07) is 0. The van der Waals surface area contributed by atoms with Crippen LogP contribution in [-0.4, -0.2) is 48.1 Å². The molecule has 7 heteroatoms. The van der Waals surface area contributed by atoms with E-state index >= 15 is 0 Å². The Hall–Kier alpha value is -1.47. The number of unbranched alkanes of at least 4 members (excludes halogenated alkanes) is 5. The Morgan fingerprint density at radius 2 is 1.79 bits per heavy atom. The molecule has 0 unspecified atom stereocenters. The number of hydrogen-bond donors (Lipinski definition) is 0. The second kappa shape index (κ2) is 15.5. The van der Waals surface area contributed by atoms with Crippen LogP contribution in [-0.2, 0) is 20.8 Å². The smallest absolute Gasteiger partial charge is 0.357 e. The molecule has 0 aliphatic rings. The summed E-state index contributed by atoms with van der Waals surface area (Å²) in [5.41, 5.74) is 0.319. The molecule has 1 rings (SSSR count). The van der Waals surface area contributed by atoms with Gasteiger partial charge in [0.25, 0.3) is 0 Å². The molecule has 0 fully saturated rings. The van der Waals surface area contributed by atoms with Gasteiger partial charge in [-0.3, -0.25) is 4.79 Å². The first-order valence-electron chi connectivity index (χ1n) is 10.6. The number of aromatic nitrogens is 1. The Kier molecular flexibility index (Phi) is 13.6. The molecule has 0 aliphatic carbocycles. The fourth-order valence-corrected chi connectivity index (χ4v) is 3.63. The van der Waals surface area contributed by atoms with Crippen molar-refractivity contribution in [1.82, 2.24) is 9.88 Å². The number of hydrogen-bond acceptors (Lipinski definition) is 6. The molecule has 160 valence electrons. The molecule has 0 saturated heterocycles. The van der Waals surface area contributed by atoms with E-state index in [1.807, 2.05) is 11.8 Å². The van der Waals surface area contributed by atoms with E-state index in [-0.39, 0.29) is 5.91 Å². The van der Waals surface area contributed by atoms with Gasteiger partial charge in [0.1, 0.15) is 5.01 Å². The van der Waals surface area contributed by atoms with Gasteiger partial charge in [-0.1, -0.05) is 39.0 Å². The molecule has 0 saturated carbocycles. The minimum atomic E-state index is -0.411. The Labute approximate surface area is 173 Å². The van der Waals surface area contributed by atoms with Crippen molar-refractivity contribution < 1.29 is 19.1 Å². The fourth-order valence-electron chi connectivity index (χ4n) is 2.85. The van der Waals surface area contributed by atoms with E-state index in [1.54, 1.807) is 12.3 Å². The third-order valence-corrected chi connectivity index (χ3v) is 5.21. The zero-order valence-corrected chi connectivity index (χ0v) is 18.5. The lowest BCUT2D eigenvalue weighted by atomic mass is 10.1. The maximum absolute atomic E-state index is 12.7. The molecule has 0 aromatic carbocycles. The molecule has 1 aromatic rings. The van der Waals surface area contributed by atoms with Gasteiger partial charge in [-0.2, -0.15) is 0 Å². The zero-order chi connectivity index (χ0) is 20.6. The first-order valence-corrected chi connectivity index (χ1v) is 11.5. The summed E-state index contributed by atoms with van der Waals surface area (Å²) in [7, 11) is 0. The van der Waals surface area contributed by atoms with Crippen molar-refractivity contribution in [2.24, 2.45) is 0 Å². The number of thiazole rings is 1. The number of nitrogens with zero attached hydrogens (tertiary/aromatic N) is 2. The molecule has 1 heterocycles. The number of amides is 1. The number of carbonyl (C=O) groups excluding carboxylic acids is 2. The number of rotatable bonds is 16. The maximum Gasteiger partial charge on any atom is 0.357 e. The second-order valence-electron chi connectivity index (χ2n) is 6.73. The highest BCUT2D eigenvalue weighted by Gasteiger charge is 2.17. The van der Waals surface area contributed by atoms with Gasteiger partial charge in [0.05, 0.1) is 13.2 Å². The van der Waals surface area contributed by atoms with Crippen molar-refractivity contribution in [3.05, 3.63) is 16.1 Å². The van der Waals surface area contributed by atoms with Gasteiger partial charge in [0, 0.05) is 31.6 Å². The maximum atomic E-state index is 12.7. The van der Waals surface area contributed by atoms with Crippen LogP contribution in [0.5, 0.6) is 0 Å². The van der Waals surface area contributed by atoms with Crippen LogP contribution < -0.4 is 0 Å². The highest BCUT2D eigenvalue weighted by molar-refractivity contribution is 7.09. The summed E-state index contributed by atoms with van der Waals surface area (Å²) in [4.78, 5) is 30.7. The molecule has 0 N–H and O–H groups in total. The normalized spacial score (nSPS) is 10.8. The summed E-state index contributed by atoms with van der Waals surface area (Å²) < 4.78 is 10.4. The number of ether oxygens (including phenoxy) is 2. The van der Waals surface area contributed by atoms with E-state index in [0.717, 1.165) is 24.3 Å². The summed E-state index contributed by atoms with van der Waals surface area (Å²) in [5, 5.41) is 2.46. The standard InChI is InChI=1S/C21H36N2O4S/c1-4-7-8-9-10-11-13-20(24)23(14-12-15-26-5-2)16-19-22-18(17-28-19)21(25)27-6-3/h17H,4-16H2,1-3H3. The van der Waals surface area contributed by atoms with E-state index < -0.39 is 5.97 Å². The van der Waals surface area contributed by atoms with Gasteiger partial charge >= 0.3 is 5.97 Å². The van der Waals surface area contributed by atoms with Crippen LogP contribution in [0.25, 0.3) is 0 Å². The molecule has 0 spiro atoms. The average molecular weight is 413 g/mol. The lowest BCUT2D eigenvalue weighted by Crippen LogP contribution is -2.32. The van der Waals surface area contributed by atoms with Gasteiger partial charge in [0.15, 0.2) is 5.69 Å². The molecule has 0 atom stereocenters. The summed E-state index contributed by atoms with van der Waals surface area (Å²) in [6.45, 7) is 8.67. The van der Waals surface area contributed by atoms with Crippen LogP contribution in [0.3, 0.4) is 0 Å². The quantitative estimate of drug-likeness (QED) is 0.287. The minimum absolute atomic E-state index is 0.153. The fraction of sp³-hybridized carbons (Fsp3) is 0.762. The van der Waals surface area contributed by atoms with E-state index in [4.69, 9.17) is 9.47 Å². The highest BCUT2D eigenvalue weighted by Crippen LogP contribution is 2.16. The van der Waals surface area contributed by atoms with Gasteiger partial charge in [-0.15, -0.1) is 11.3 Å². The Morgan fingerprint density at radius 3 is 2.50 bits per heavy atom. The van der Waals surface area contributed by atoms with Crippen molar-refractivity contribution >= 4 is 23.2 Å². The van der Waals surface area contributed by atoms with Gasteiger partial charge in [0.2, 0.25) is 5.91 Å². The van der Waals surface area contributed by atoms with Crippen LogP contribution in [0.4, 0.5) is 0 Å². The first-order chi connectivity index (χ1) is 13.6. The predicted molar refractivity (Wildman–Crippen MR) is 113 cm³/mol. The third kappa shape index (κ3) is 10.2. The molecule has 6 nitrogen and oxygen atoms in total. The minimum Gasteiger partial charge on any atom is -0.461 e. The van der Waals surface area contributed by atoms with E-state index in [9.17, 15) is 9.59 Å². The molecular weight excluding hydrogens is 376 g/mol. The number of carbonyl (C=O) groups is 2. The average Bonchev–Trinajstić information content (AvgIpc) is 3.16. The molecule has 0 bridgehead atoms. The molecule has 28 heavy (non-hydrogen) atoms. The topological polar surface area (TPSA) is 68.7 Å². The Morgan fingerprint density at radius 1 is 1.04 bits per heavy atom. The van der Waals surface area contributed by atoms with Gasteiger partial charge in [-0.25, -0.2) is 9.78 Å². The lowest BCUT2D eigenvalue weighted by Gasteiger charge is -2.22. The lowest BCUT2D eigenvalue weighted by molar-refractivity contribution is -0.132. The van der Waals surface area contributed by atoms with Crippen molar-refractivity contribution in [2.75, 3.05) is 26.4 Å². The van der Waals surface area contributed by atoms with Crippen LogP contribution in [0.15, 0.2) is 5.38 Å². The summed E-state index contributed by atoms with van der Waals surface area (Å²) in [5.74, 6) is -0.258. The number of esters is 1. The van der Waals surface area contributed by atoms with E-state index in [2.05, 4.69) is 11.9 Å². The molecule has 0 aliphatic heterocycles. The highest BCUT2D eigenvalue weighted by atomic mass is 32.1. The van der Waals surface area contributed by atoms with Crippen LogP contribution in [0, 0.1) is 0 Å². The van der Waals surface area contributed by atoms with Crippen molar-refractivity contribution in [1.29, 1.82) is 0 Å². The van der Waals surface area contributed by atoms with Crippen LogP contribution >= 0.6 is 11.3 Å². The van der Waals surface area contributed by atoms with Gasteiger partial charge < -0.3 is 14.4 Å². The summed E-state index contributed by atoms with van der Waals surface area (Å²) >= 11 is 1.39. The van der Waals surface area contributed by atoms with Gasteiger partial charge in [-0.05, 0) is 26.7 Å². The Bertz CT molecular complexity index is 562. The van der Waals surface area contributed by atoms with Crippen molar-refractivity contribution in [3.8, 4) is 0 Å². The van der Waals surface area contributed by atoms with Crippen LogP contribution in [0.2, 0.25) is 0 Å². The van der Waals surface area contributed by atoms with Crippen molar-refractivity contribution in [2.45, 2.75) is 78.7 Å². The monoisotopic (exact) mass is 412 g/mol. The molecule has 0 radical (unpaired) electrons. The zero-order valence-electron chi connectivity index (χ0n) is 17.7. The largest absolute Gasteiger partial charge is 0.461 e. The second-order valence-corrected chi connectivity index (χ2v) is 7.67. The van der Waals surface area contributed by atoms with Crippen molar-refractivity contribution in [3.63, 3.8) is 0 Å². The SMILES string of the molecule is CCCCCCCCC(=O)N(CCCOCC)Cc1nc(C(=O)OCC)cs1. The summed E-state index contributed by atoms with van der Waals surface area (Å²) in [6.07, 6.45) is 8.33. The third-order valence-electron chi connectivity index (χ3n) is 4.38. The molecular formula is C21H36N2O4S. The first kappa shape index (κ1) is 24.6.